The molecule has 0 saturated carbocycles. The van der Waals surface area contributed by atoms with Crippen molar-refractivity contribution in [1.82, 2.24) is 98.0 Å². The summed E-state index contributed by atoms with van der Waals surface area (Å²) in [4.78, 5) is 267. The summed E-state index contributed by atoms with van der Waals surface area (Å²) >= 11 is 0.796. The molecule has 0 unspecified atom stereocenters. The maximum absolute atomic E-state index is 15.7. The van der Waals surface area contributed by atoms with Gasteiger partial charge in [-0.25, -0.2) is 4.98 Å². The van der Waals surface area contributed by atoms with E-state index in [2.05, 4.69) is 78.4 Å². The Balaban J connectivity index is 1.19. The van der Waals surface area contributed by atoms with Crippen LogP contribution in [0.3, 0.4) is 0 Å². The van der Waals surface area contributed by atoms with Crippen LogP contribution in [0.2, 0.25) is 0 Å². The lowest BCUT2D eigenvalue weighted by Gasteiger charge is -2.36. The number of unbranched alkanes of at least 4 members (excludes halogenated alkanes) is 2. The molecule has 2 aliphatic rings. The van der Waals surface area contributed by atoms with Gasteiger partial charge in [-0.1, -0.05) is 120 Å². The summed E-state index contributed by atoms with van der Waals surface area (Å²) in [7, 11) is 3.98. The number of aliphatic hydroxyl groups is 1. The number of amides is 16. The molecule has 42 heteroatoms. The van der Waals surface area contributed by atoms with Gasteiger partial charge in [-0.15, -0.1) is 11.8 Å². The number of para-hydroxylation sites is 2. The number of aromatic nitrogens is 4. The van der Waals surface area contributed by atoms with Crippen LogP contribution in [0.25, 0.3) is 21.8 Å². The molecule has 5 heterocycles. The number of H-pyrrole nitrogens is 3. The van der Waals surface area contributed by atoms with E-state index in [9.17, 15) is 57.8 Å². The highest BCUT2D eigenvalue weighted by atomic mass is 32.2. The molecule has 0 spiro atoms. The van der Waals surface area contributed by atoms with Gasteiger partial charge in [0.05, 0.1) is 37.2 Å². The van der Waals surface area contributed by atoms with Crippen molar-refractivity contribution >= 4 is 140 Å². The quantitative estimate of drug-likeness (QED) is 0.0183. The SMILES string of the molecule is CCCC[C@H]1C(=O)N(C)[C@@H](CCCC)C(=O)N[C@@H](CCCNC(=N)N)C(=O)N[C@H](C(=O)NCC(N)=O)CSCC(=O)N[C@@H](Cc2ccccc2)C(=O)N(C)[C@@H](C)C(=O)N[C@@H](CC(N)=O)C(=O)N2CCC[C@H]2C(=O)N[C@@H](Cc2cnc[nH]2)C(=O)N[C@@H](CC(C)C)C(=O)NC(C)(C)C(=O)C[C@@H](Cc2c[nH]c3ccccc23)C(=O)N[C@@H](CO)C(=O)N[C@@H](Cc2c[nH]c3ccccc23)C(=O)N1C. The first-order valence-corrected chi connectivity index (χ1v) is 46.0. The first-order chi connectivity index (χ1) is 63.2. The number of nitrogens with zero attached hydrogens (tertiary/aromatic N) is 5. The summed E-state index contributed by atoms with van der Waals surface area (Å²) in [5, 5.41) is 49.7. The molecule has 3 aromatic carbocycles. The lowest BCUT2D eigenvalue weighted by atomic mass is 9.86. The van der Waals surface area contributed by atoms with E-state index in [0.29, 0.717) is 69.9 Å². The normalized spacial score (nSPS) is 23.8. The molecule has 0 aliphatic carbocycles. The molecular formula is C91H129N23O18S. The summed E-state index contributed by atoms with van der Waals surface area (Å²) in [5.41, 5.74) is 18.3. The minimum Gasteiger partial charge on any atom is -0.394 e. The standard InChI is InChI=1S/C91H129N23O18S/c1-11-13-31-70-84(127)103-62(30-22-34-97-90(94)95)80(123)109-69(79(122)100-46-75(93)118)48-133-49-76(119)102-65(37-53-24-16-15-17-25-53)86(129)111(8)52(5)77(120)106-67(42-74(92)117)88(131)114-35-23-33-71(114)85(128)105-64(41-57-45-96-50-101-57)81(124)104-63(36-51(3)4)83(126)110-91(6,7)73(116)40-54(38-55-43-98-60-28-20-18-26-58(55)60)78(121)108-68(47-115)82(125)107-66(39-56-44-99-61-29-21-19-27-59(56)61)87(130)113(10)72(32-14-12-2)89(132)112(70)9/h15-21,24-29,43-45,50-52,54,62-72,98-99,115H,11-14,22-23,30-42,46-49H2,1-10H3,(H2,92,117)(H2,93,118)(H,96,101)(H,100,122)(H,102,119)(H,103,127)(H,104,124)(H,105,128)(H,106,120)(H,107,125)(H,108,121)(H,109,123)(H,110,126)(H4,94,95,97)/t52-,54+,62-,63-,64-,65-,66-,67-,68-,69-,70-,71-,72-/m0/s1. The van der Waals surface area contributed by atoms with E-state index in [1.54, 1.807) is 105 Å². The molecule has 22 N–H and O–H groups in total. The average Bonchev–Trinajstić information content (AvgIpc) is 1.73. The van der Waals surface area contributed by atoms with Gasteiger partial charge < -0.3 is 115 Å². The number of nitrogens with one attached hydrogen (secondary N) is 15. The van der Waals surface area contributed by atoms with E-state index in [0.717, 1.165) is 31.4 Å². The van der Waals surface area contributed by atoms with Crippen LogP contribution in [0, 0.1) is 17.2 Å². The Morgan fingerprint density at radius 2 is 1.14 bits per heavy atom. The zero-order chi connectivity index (χ0) is 97.5. The van der Waals surface area contributed by atoms with Crippen molar-refractivity contribution in [2.45, 2.75) is 236 Å². The Labute approximate surface area is 775 Å². The van der Waals surface area contributed by atoms with Gasteiger partial charge in [0.25, 0.3) is 0 Å². The van der Waals surface area contributed by atoms with Crippen molar-refractivity contribution in [2.75, 3.05) is 58.9 Å². The van der Waals surface area contributed by atoms with Gasteiger partial charge >= 0.3 is 0 Å². The number of carbonyl (C=O) groups excluding carboxylic acids is 17. The number of fused-ring (bicyclic) bond motifs is 3. The first kappa shape index (κ1) is 105. The largest absolute Gasteiger partial charge is 0.394 e. The van der Waals surface area contributed by atoms with Crippen molar-refractivity contribution in [2.24, 2.45) is 29.0 Å². The maximum Gasteiger partial charge on any atom is 0.246 e. The summed E-state index contributed by atoms with van der Waals surface area (Å²) in [5.74, 6) is -18.2. The number of ketones is 1. The number of aliphatic hydroxyl groups excluding tert-OH is 1. The van der Waals surface area contributed by atoms with E-state index in [4.69, 9.17) is 22.6 Å². The molecule has 2 saturated heterocycles. The second kappa shape index (κ2) is 50.4. The number of aromatic amines is 3. The summed E-state index contributed by atoms with van der Waals surface area (Å²) in [6, 6.07) is 4.59. The van der Waals surface area contributed by atoms with Gasteiger partial charge in [0.2, 0.25) is 94.5 Å². The van der Waals surface area contributed by atoms with E-state index in [1.165, 1.54) is 54.4 Å². The van der Waals surface area contributed by atoms with Gasteiger partial charge in [0, 0.05) is 118 Å². The number of benzene rings is 3. The van der Waals surface area contributed by atoms with Gasteiger partial charge in [-0.3, -0.25) is 86.9 Å². The highest BCUT2D eigenvalue weighted by molar-refractivity contribution is 8.00. The van der Waals surface area contributed by atoms with E-state index >= 15 is 28.8 Å². The Morgan fingerprint density at radius 1 is 0.571 bits per heavy atom. The number of carbonyl (C=O) groups is 17. The van der Waals surface area contributed by atoms with Crippen molar-refractivity contribution in [3.8, 4) is 0 Å². The van der Waals surface area contributed by atoms with Crippen LogP contribution in [-0.2, 0) is 107 Å². The molecule has 0 bridgehead atoms. The van der Waals surface area contributed by atoms with Crippen molar-refractivity contribution in [3.63, 3.8) is 0 Å². The van der Waals surface area contributed by atoms with Crippen LogP contribution in [-0.4, -0.2) is 288 Å². The highest BCUT2D eigenvalue weighted by Crippen LogP contribution is 2.28. The molecule has 133 heavy (non-hydrogen) atoms. The lowest BCUT2D eigenvalue weighted by Crippen LogP contribution is -2.61. The Morgan fingerprint density at radius 3 is 1.74 bits per heavy atom. The molecule has 0 radical (unpaired) electrons. The van der Waals surface area contributed by atoms with Crippen molar-refractivity contribution < 1.29 is 86.6 Å². The number of rotatable bonds is 26. The number of primary amides is 2. The molecule has 2 aliphatic heterocycles. The van der Waals surface area contributed by atoms with E-state index in [1.807, 2.05) is 13.8 Å². The molecule has 2 fully saturated rings. The van der Waals surface area contributed by atoms with Gasteiger partial charge in [-0.05, 0) is 107 Å². The molecule has 16 amide bonds. The van der Waals surface area contributed by atoms with E-state index in [-0.39, 0.29) is 89.6 Å². The van der Waals surface area contributed by atoms with Crippen LogP contribution < -0.4 is 75.7 Å². The minimum absolute atomic E-state index is 0.000939. The number of Topliss-reactive ketones (excluding diaryl/α,β-unsaturated/α-hetero) is 1. The highest BCUT2D eigenvalue weighted by Gasteiger charge is 2.45. The number of guanidine groups is 1. The smallest absolute Gasteiger partial charge is 0.246 e. The minimum atomic E-state index is -1.84. The Kier molecular flexibility index (Phi) is 39.8. The number of thioether (sulfide) groups is 1. The fourth-order valence-electron chi connectivity index (χ4n) is 16.1. The second-order valence-corrected chi connectivity index (χ2v) is 35.8. The lowest BCUT2D eigenvalue weighted by molar-refractivity contribution is -0.149. The van der Waals surface area contributed by atoms with Crippen molar-refractivity contribution in [1.29, 1.82) is 5.41 Å². The van der Waals surface area contributed by atoms with Crippen LogP contribution in [0.5, 0.6) is 0 Å². The third-order valence-electron chi connectivity index (χ3n) is 23.7. The van der Waals surface area contributed by atoms with Gasteiger partial charge in [-0.2, -0.15) is 0 Å². The molecular weight excluding hydrogens is 1740 g/mol. The van der Waals surface area contributed by atoms with Crippen LogP contribution in [0.1, 0.15) is 154 Å². The molecule has 13 atom stereocenters. The Bertz CT molecular complexity index is 5100. The number of likely N-dealkylation sites (N-methyl/N-ethyl adjacent to an activating group) is 3. The van der Waals surface area contributed by atoms with Gasteiger partial charge in [0.1, 0.15) is 72.5 Å². The monoisotopic (exact) mass is 1860 g/mol. The summed E-state index contributed by atoms with van der Waals surface area (Å²) < 4.78 is 0. The molecule has 41 nitrogen and oxygen atoms in total. The molecule has 722 valence electrons. The topological polar surface area (TPSA) is 618 Å². The summed E-state index contributed by atoms with van der Waals surface area (Å²) in [6.07, 6.45) is 5.55. The summed E-state index contributed by atoms with van der Waals surface area (Å²) in [6.45, 7) is 9.50. The maximum atomic E-state index is 15.7. The third kappa shape index (κ3) is 30.4. The molecule has 3 aromatic heterocycles. The average molecular weight is 1870 g/mol. The number of hydrogen-bond donors (Lipinski definition) is 19. The fraction of sp³-hybridized carbons (Fsp3) is 0.527. The van der Waals surface area contributed by atoms with E-state index < -0.39 is 228 Å². The number of nitrogens with two attached hydrogens (primary N) is 3. The third-order valence-corrected chi connectivity index (χ3v) is 24.8. The van der Waals surface area contributed by atoms with Crippen molar-refractivity contribution in [3.05, 3.63) is 126 Å². The van der Waals surface area contributed by atoms with Gasteiger partial charge in [0.15, 0.2) is 11.7 Å². The predicted molar refractivity (Wildman–Crippen MR) is 495 cm³/mol. The zero-order valence-electron chi connectivity index (χ0n) is 76.9. The fourth-order valence-corrected chi connectivity index (χ4v) is 16.9. The number of hydrogen-bond acceptors (Lipinski definition) is 21. The first-order valence-electron chi connectivity index (χ1n) is 44.8. The Hall–Kier alpha value is -13.3. The second-order valence-electron chi connectivity index (χ2n) is 34.8. The molecule has 8 rings (SSSR count). The predicted octanol–water partition coefficient (Wildman–Crippen LogP) is -0.611. The number of imidazole rings is 1. The van der Waals surface area contributed by atoms with Crippen LogP contribution in [0.15, 0.2) is 104 Å². The van der Waals surface area contributed by atoms with Crippen LogP contribution in [0.4, 0.5) is 0 Å². The zero-order valence-corrected chi connectivity index (χ0v) is 77.7. The molecule has 6 aromatic rings. The van der Waals surface area contributed by atoms with Crippen LogP contribution >= 0.6 is 11.8 Å².